The van der Waals surface area contributed by atoms with Crippen molar-refractivity contribution in [3.05, 3.63) is 28.3 Å². The molecule has 1 aromatic rings. The fourth-order valence-electron chi connectivity index (χ4n) is 5.06. The van der Waals surface area contributed by atoms with E-state index in [0.717, 1.165) is 41.5 Å². The van der Waals surface area contributed by atoms with Gasteiger partial charge >= 0.3 is 0 Å². The molecule has 0 bridgehead atoms. The van der Waals surface area contributed by atoms with Crippen LogP contribution in [0.2, 0.25) is 0 Å². The van der Waals surface area contributed by atoms with E-state index in [2.05, 4.69) is 16.4 Å². The van der Waals surface area contributed by atoms with Gasteiger partial charge in [-0.05, 0) is 69.2 Å². The first kappa shape index (κ1) is 21.7. The number of carbonyl (C=O) groups excluding carboxylic acids is 1. The van der Waals surface area contributed by atoms with Crippen LogP contribution in [0.3, 0.4) is 0 Å². The van der Waals surface area contributed by atoms with Crippen molar-refractivity contribution in [1.29, 1.82) is 0 Å². The van der Waals surface area contributed by atoms with Crippen molar-refractivity contribution in [2.45, 2.75) is 63.9 Å². The highest BCUT2D eigenvalue weighted by Crippen LogP contribution is 2.31. The van der Waals surface area contributed by atoms with Crippen LogP contribution in [0.1, 0.15) is 41.5 Å². The third-order valence-corrected chi connectivity index (χ3v) is 9.33. The van der Waals surface area contributed by atoms with Crippen LogP contribution in [-0.2, 0) is 14.8 Å². The third-order valence-electron chi connectivity index (χ3n) is 7.16. The molecule has 1 aliphatic carbocycles. The highest BCUT2D eigenvalue weighted by atomic mass is 32.2. The molecule has 2 aliphatic heterocycles. The number of benzene rings is 1. The largest absolute Gasteiger partial charge is 0.340 e. The lowest BCUT2D eigenvalue weighted by molar-refractivity contribution is -0.138. The Balaban J connectivity index is 1.44. The summed E-state index contributed by atoms with van der Waals surface area (Å²) >= 11 is 0. The van der Waals surface area contributed by atoms with Gasteiger partial charge in [-0.3, -0.25) is 4.79 Å². The summed E-state index contributed by atoms with van der Waals surface area (Å²) in [5.41, 5.74) is 13.0. The summed E-state index contributed by atoms with van der Waals surface area (Å²) in [7, 11) is -3.59. The van der Waals surface area contributed by atoms with Crippen LogP contribution < -0.4 is 16.4 Å². The Hall–Kier alpha value is -1.52. The zero-order valence-corrected chi connectivity index (χ0v) is 19.1. The number of nitrogens with one attached hydrogen (secondary N) is 3. The van der Waals surface area contributed by atoms with Crippen molar-refractivity contribution < 1.29 is 13.2 Å². The van der Waals surface area contributed by atoms with Gasteiger partial charge in [0.2, 0.25) is 15.9 Å². The van der Waals surface area contributed by atoms with Crippen molar-refractivity contribution in [1.82, 2.24) is 25.6 Å². The Morgan fingerprint density at radius 1 is 0.933 bits per heavy atom. The van der Waals surface area contributed by atoms with Crippen molar-refractivity contribution in [2.75, 3.05) is 26.2 Å². The van der Waals surface area contributed by atoms with E-state index in [0.29, 0.717) is 37.1 Å². The standard InChI is InChI=1S/C21H33N5O3S/c1-13-11-14(2)16(4)20(15(13)3)30(28,29)26-9-7-25(8-10-26)21(27)17-5-6-18-19(12-17)23-24-22-18/h11,17-19,22-24H,5-10,12H2,1-4H3. The SMILES string of the molecule is Cc1cc(C)c(C)c(S(=O)(=O)N2CCN(C(=O)C3CCC4NNNC4C3)CC2)c1C. The number of carbonyl (C=O) groups is 1. The molecule has 3 fully saturated rings. The maximum atomic E-state index is 13.4. The minimum atomic E-state index is -3.59. The number of nitrogens with zero attached hydrogens (tertiary/aromatic N) is 2. The monoisotopic (exact) mass is 435 g/mol. The van der Waals surface area contributed by atoms with Gasteiger partial charge in [0.15, 0.2) is 0 Å². The Kier molecular flexibility index (Phi) is 5.93. The Morgan fingerprint density at radius 2 is 1.53 bits per heavy atom. The van der Waals surface area contributed by atoms with E-state index in [9.17, 15) is 13.2 Å². The molecule has 3 atom stereocenters. The second kappa shape index (κ2) is 8.20. The van der Waals surface area contributed by atoms with Crippen molar-refractivity contribution in [3.8, 4) is 0 Å². The quantitative estimate of drug-likeness (QED) is 0.653. The summed E-state index contributed by atoms with van der Waals surface area (Å²) < 4.78 is 28.4. The van der Waals surface area contributed by atoms with Gasteiger partial charge in [0.1, 0.15) is 0 Å². The first-order valence-electron chi connectivity index (χ1n) is 10.8. The number of amides is 1. The van der Waals surface area contributed by atoms with E-state index in [-0.39, 0.29) is 17.9 Å². The lowest BCUT2D eigenvalue weighted by Crippen LogP contribution is -2.53. The minimum absolute atomic E-state index is 0.00696. The summed E-state index contributed by atoms with van der Waals surface area (Å²) in [6.07, 6.45) is 2.64. The van der Waals surface area contributed by atoms with Crippen molar-refractivity contribution in [2.24, 2.45) is 5.92 Å². The van der Waals surface area contributed by atoms with E-state index in [4.69, 9.17) is 0 Å². The number of hydrogen-bond acceptors (Lipinski definition) is 6. The first-order valence-corrected chi connectivity index (χ1v) is 12.3. The molecule has 8 nitrogen and oxygen atoms in total. The zero-order chi connectivity index (χ0) is 21.6. The molecule has 0 aromatic heterocycles. The highest BCUT2D eigenvalue weighted by molar-refractivity contribution is 7.89. The number of piperazine rings is 1. The molecule has 2 saturated heterocycles. The molecule has 3 unspecified atom stereocenters. The van der Waals surface area contributed by atoms with Crippen LogP contribution in [0.15, 0.2) is 11.0 Å². The topological polar surface area (TPSA) is 93.8 Å². The first-order chi connectivity index (χ1) is 14.2. The molecule has 1 amide bonds. The molecule has 166 valence electrons. The predicted octanol–water partition coefficient (Wildman–Crippen LogP) is 0.903. The normalized spacial score (nSPS) is 27.9. The smallest absolute Gasteiger partial charge is 0.243 e. The van der Waals surface area contributed by atoms with Crippen molar-refractivity contribution in [3.63, 3.8) is 0 Å². The molecule has 4 rings (SSSR count). The van der Waals surface area contributed by atoms with Crippen LogP contribution in [0.5, 0.6) is 0 Å². The summed E-state index contributed by atoms with van der Waals surface area (Å²) in [5.74, 6) is 0.172. The summed E-state index contributed by atoms with van der Waals surface area (Å²) in [6, 6.07) is 2.68. The molecule has 3 N–H and O–H groups in total. The molecule has 2 heterocycles. The molecule has 3 aliphatic rings. The number of sulfonamides is 1. The number of hydrogen-bond donors (Lipinski definition) is 3. The number of hydrazine groups is 2. The molecule has 1 saturated carbocycles. The average Bonchev–Trinajstić information content (AvgIpc) is 3.20. The van der Waals surface area contributed by atoms with Gasteiger partial charge < -0.3 is 4.90 Å². The lowest BCUT2D eigenvalue weighted by Gasteiger charge is -2.38. The molecular formula is C21H33N5O3S. The number of aryl methyl sites for hydroxylation is 2. The van der Waals surface area contributed by atoms with Crippen LogP contribution in [-0.4, -0.2) is 61.8 Å². The van der Waals surface area contributed by atoms with Crippen LogP contribution in [0.25, 0.3) is 0 Å². The van der Waals surface area contributed by atoms with E-state index in [1.807, 2.05) is 38.7 Å². The van der Waals surface area contributed by atoms with E-state index in [1.54, 1.807) is 4.31 Å². The fraction of sp³-hybridized carbons (Fsp3) is 0.667. The van der Waals surface area contributed by atoms with Gasteiger partial charge in [0.05, 0.1) is 4.90 Å². The van der Waals surface area contributed by atoms with Gasteiger partial charge in [-0.25, -0.2) is 19.3 Å². The lowest BCUT2D eigenvalue weighted by atomic mass is 9.82. The van der Waals surface area contributed by atoms with Gasteiger partial charge in [-0.2, -0.15) is 9.84 Å². The summed E-state index contributed by atoms with van der Waals surface area (Å²) in [4.78, 5) is 15.3. The molecule has 1 aromatic carbocycles. The summed E-state index contributed by atoms with van der Waals surface area (Å²) in [6.45, 7) is 9.27. The predicted molar refractivity (Wildman–Crippen MR) is 115 cm³/mol. The maximum absolute atomic E-state index is 13.4. The van der Waals surface area contributed by atoms with Crippen LogP contribution in [0.4, 0.5) is 0 Å². The summed E-state index contributed by atoms with van der Waals surface area (Å²) in [5, 5.41) is 0. The number of rotatable bonds is 3. The van der Waals surface area contributed by atoms with Gasteiger partial charge in [-0.1, -0.05) is 6.07 Å². The second-order valence-electron chi connectivity index (χ2n) is 8.96. The minimum Gasteiger partial charge on any atom is -0.340 e. The molecule has 30 heavy (non-hydrogen) atoms. The highest BCUT2D eigenvalue weighted by Gasteiger charge is 2.39. The average molecular weight is 436 g/mol. The molecule has 0 spiro atoms. The molecular weight excluding hydrogens is 402 g/mol. The molecule has 0 radical (unpaired) electrons. The van der Waals surface area contributed by atoms with Gasteiger partial charge in [-0.15, -0.1) is 0 Å². The van der Waals surface area contributed by atoms with Crippen molar-refractivity contribution >= 4 is 15.9 Å². The Labute approximate surface area is 179 Å². The van der Waals surface area contributed by atoms with E-state index < -0.39 is 10.0 Å². The number of fused-ring (bicyclic) bond motifs is 1. The van der Waals surface area contributed by atoms with Gasteiger partial charge in [0, 0.05) is 44.2 Å². The zero-order valence-electron chi connectivity index (χ0n) is 18.3. The molecule has 9 heteroatoms. The Morgan fingerprint density at radius 3 is 2.17 bits per heavy atom. The van der Waals surface area contributed by atoms with Gasteiger partial charge in [0.25, 0.3) is 0 Å². The second-order valence-corrected chi connectivity index (χ2v) is 10.8. The van der Waals surface area contributed by atoms with E-state index in [1.165, 1.54) is 0 Å². The fourth-order valence-corrected chi connectivity index (χ4v) is 7.06. The van der Waals surface area contributed by atoms with E-state index >= 15 is 0 Å². The maximum Gasteiger partial charge on any atom is 0.243 e. The third kappa shape index (κ3) is 3.78. The van der Waals surface area contributed by atoms with Crippen LogP contribution >= 0.6 is 0 Å². The Bertz CT molecular complexity index is 914. The van der Waals surface area contributed by atoms with Crippen LogP contribution in [0, 0.1) is 33.6 Å².